The Kier molecular flexibility index (Phi) is 4.82. The highest BCUT2D eigenvalue weighted by molar-refractivity contribution is 7.90. The molecule has 0 saturated heterocycles. The summed E-state index contributed by atoms with van der Waals surface area (Å²) in [7, 11) is -1.28. The molecule has 7 heteroatoms. The van der Waals surface area contributed by atoms with E-state index in [4.69, 9.17) is 0 Å². The van der Waals surface area contributed by atoms with Crippen LogP contribution in [-0.4, -0.2) is 29.4 Å². The normalized spacial score (nSPS) is 11.5. The van der Waals surface area contributed by atoms with Crippen molar-refractivity contribution in [3.63, 3.8) is 0 Å². The summed E-state index contributed by atoms with van der Waals surface area (Å²) in [5, 5.41) is 7.59. The van der Waals surface area contributed by atoms with Crippen LogP contribution < -0.4 is 5.32 Å². The average molecular weight is 370 g/mol. The van der Waals surface area contributed by atoms with Crippen LogP contribution in [0.3, 0.4) is 0 Å². The first-order chi connectivity index (χ1) is 12.2. The zero-order valence-electron chi connectivity index (χ0n) is 15.3. The number of benzene rings is 1. The van der Waals surface area contributed by atoms with Crippen molar-refractivity contribution in [1.29, 1.82) is 0 Å². The summed E-state index contributed by atoms with van der Waals surface area (Å²) < 4.78 is 25.1. The fourth-order valence-corrected chi connectivity index (χ4v) is 3.31. The number of rotatable bonds is 5. The van der Waals surface area contributed by atoms with Crippen molar-refractivity contribution in [2.24, 2.45) is 7.05 Å². The van der Waals surface area contributed by atoms with Crippen LogP contribution in [0.2, 0.25) is 0 Å². The van der Waals surface area contributed by atoms with E-state index in [9.17, 15) is 8.42 Å². The first-order valence-corrected chi connectivity index (χ1v) is 10.1. The lowest BCUT2D eigenvalue weighted by Gasteiger charge is -2.10. The summed E-state index contributed by atoms with van der Waals surface area (Å²) in [5.74, 6) is 0.774. The second-order valence-electron chi connectivity index (χ2n) is 6.44. The second kappa shape index (κ2) is 6.92. The summed E-state index contributed by atoms with van der Waals surface area (Å²) in [6, 6.07) is 10.8. The Hall–Kier alpha value is -2.67. The maximum Gasteiger partial charge on any atom is 0.175 e. The Balaban J connectivity index is 1.84. The lowest BCUT2D eigenvalue weighted by atomic mass is 10.1. The molecule has 0 spiro atoms. The fourth-order valence-electron chi connectivity index (χ4n) is 2.68. The van der Waals surface area contributed by atoms with Crippen molar-refractivity contribution >= 4 is 15.7 Å². The highest BCUT2D eigenvalue weighted by Gasteiger charge is 2.09. The molecule has 0 radical (unpaired) electrons. The van der Waals surface area contributed by atoms with Gasteiger partial charge in [-0.15, -0.1) is 0 Å². The molecule has 0 saturated carbocycles. The minimum Gasteiger partial charge on any atom is -0.366 e. The SMILES string of the molecule is Cc1cc(NCc2cnn(C)c2C)nc(-c2ccc(S(C)(=O)=O)cc2)c1. The first kappa shape index (κ1) is 18.1. The lowest BCUT2D eigenvalue weighted by molar-refractivity contribution is 0.602. The lowest BCUT2D eigenvalue weighted by Crippen LogP contribution is -2.04. The van der Waals surface area contributed by atoms with E-state index < -0.39 is 9.84 Å². The highest BCUT2D eigenvalue weighted by Crippen LogP contribution is 2.23. The van der Waals surface area contributed by atoms with Crippen molar-refractivity contribution in [1.82, 2.24) is 14.8 Å². The summed E-state index contributed by atoms with van der Waals surface area (Å²) in [5.41, 5.74) is 4.99. The van der Waals surface area contributed by atoms with E-state index in [1.807, 2.05) is 43.9 Å². The third-order valence-corrected chi connectivity index (χ3v) is 5.47. The van der Waals surface area contributed by atoms with Gasteiger partial charge in [0.05, 0.1) is 16.8 Å². The molecule has 1 aromatic carbocycles. The molecule has 0 fully saturated rings. The van der Waals surface area contributed by atoms with Crippen LogP contribution >= 0.6 is 0 Å². The molecule has 0 atom stereocenters. The van der Waals surface area contributed by atoms with Crippen molar-refractivity contribution < 1.29 is 8.42 Å². The van der Waals surface area contributed by atoms with Crippen LogP contribution in [0, 0.1) is 13.8 Å². The summed E-state index contributed by atoms with van der Waals surface area (Å²) in [4.78, 5) is 4.96. The predicted octanol–water partition coefficient (Wildman–Crippen LogP) is 3.11. The molecule has 2 aromatic heterocycles. The Morgan fingerprint density at radius 2 is 1.81 bits per heavy atom. The molecule has 3 aromatic rings. The van der Waals surface area contributed by atoms with Gasteiger partial charge in [0.25, 0.3) is 0 Å². The molecule has 2 heterocycles. The van der Waals surface area contributed by atoms with E-state index in [0.29, 0.717) is 11.4 Å². The van der Waals surface area contributed by atoms with E-state index in [0.717, 1.165) is 33.9 Å². The third kappa shape index (κ3) is 3.94. The molecular weight excluding hydrogens is 348 g/mol. The predicted molar refractivity (Wildman–Crippen MR) is 103 cm³/mol. The Morgan fingerprint density at radius 1 is 1.12 bits per heavy atom. The molecule has 0 unspecified atom stereocenters. The molecule has 0 aliphatic heterocycles. The Labute approximate surface area is 153 Å². The molecule has 0 bridgehead atoms. The van der Waals surface area contributed by atoms with Crippen LogP contribution in [-0.2, 0) is 23.4 Å². The van der Waals surface area contributed by atoms with Gasteiger partial charge in [-0.1, -0.05) is 12.1 Å². The van der Waals surface area contributed by atoms with E-state index in [1.54, 1.807) is 24.3 Å². The smallest absolute Gasteiger partial charge is 0.175 e. The molecule has 6 nitrogen and oxygen atoms in total. The molecule has 1 N–H and O–H groups in total. The van der Waals surface area contributed by atoms with Crippen molar-refractivity contribution in [3.8, 4) is 11.3 Å². The van der Waals surface area contributed by atoms with Gasteiger partial charge in [0, 0.05) is 36.7 Å². The van der Waals surface area contributed by atoms with E-state index in [2.05, 4.69) is 15.4 Å². The topological polar surface area (TPSA) is 76.9 Å². The number of anilines is 1. The Morgan fingerprint density at radius 3 is 2.38 bits per heavy atom. The number of pyridine rings is 1. The highest BCUT2D eigenvalue weighted by atomic mass is 32.2. The number of hydrogen-bond acceptors (Lipinski definition) is 5. The average Bonchev–Trinajstić information content (AvgIpc) is 2.91. The number of aryl methyl sites for hydroxylation is 2. The Bertz CT molecular complexity index is 1040. The van der Waals surface area contributed by atoms with Gasteiger partial charge in [0.2, 0.25) is 0 Å². The van der Waals surface area contributed by atoms with Crippen LogP contribution in [0.25, 0.3) is 11.3 Å². The third-order valence-electron chi connectivity index (χ3n) is 4.34. The molecular formula is C19H22N4O2S. The van der Waals surface area contributed by atoms with Gasteiger partial charge in [-0.25, -0.2) is 13.4 Å². The summed E-state index contributed by atoms with van der Waals surface area (Å²) in [6.45, 7) is 4.68. The zero-order valence-corrected chi connectivity index (χ0v) is 16.1. The van der Waals surface area contributed by atoms with Crippen molar-refractivity contribution in [3.05, 3.63) is 59.4 Å². The van der Waals surface area contributed by atoms with Crippen LogP contribution in [0.1, 0.15) is 16.8 Å². The number of aromatic nitrogens is 3. The molecule has 3 rings (SSSR count). The largest absolute Gasteiger partial charge is 0.366 e. The molecule has 26 heavy (non-hydrogen) atoms. The van der Waals surface area contributed by atoms with Gasteiger partial charge in [0.15, 0.2) is 9.84 Å². The monoisotopic (exact) mass is 370 g/mol. The van der Waals surface area contributed by atoms with E-state index in [1.165, 1.54) is 6.26 Å². The first-order valence-electron chi connectivity index (χ1n) is 8.24. The molecule has 0 aliphatic rings. The van der Waals surface area contributed by atoms with Crippen molar-refractivity contribution in [2.75, 3.05) is 11.6 Å². The van der Waals surface area contributed by atoms with Gasteiger partial charge < -0.3 is 5.32 Å². The quantitative estimate of drug-likeness (QED) is 0.747. The van der Waals surface area contributed by atoms with Gasteiger partial charge in [-0.3, -0.25) is 4.68 Å². The second-order valence-corrected chi connectivity index (χ2v) is 8.46. The van der Waals surface area contributed by atoms with Gasteiger partial charge >= 0.3 is 0 Å². The van der Waals surface area contributed by atoms with Gasteiger partial charge in [-0.2, -0.15) is 5.10 Å². The number of hydrogen-bond donors (Lipinski definition) is 1. The van der Waals surface area contributed by atoms with Gasteiger partial charge in [-0.05, 0) is 43.7 Å². The standard InChI is InChI=1S/C19H22N4O2S/c1-13-9-18(15-5-7-17(8-6-15)26(4,24)25)22-19(10-13)20-11-16-12-21-23(3)14(16)2/h5-10,12H,11H2,1-4H3,(H,20,22). The zero-order chi connectivity index (χ0) is 18.9. The van der Waals surface area contributed by atoms with Crippen LogP contribution in [0.4, 0.5) is 5.82 Å². The number of sulfone groups is 1. The molecule has 136 valence electrons. The maximum absolute atomic E-state index is 11.6. The van der Waals surface area contributed by atoms with Gasteiger partial charge in [0.1, 0.15) is 5.82 Å². The summed E-state index contributed by atoms with van der Waals surface area (Å²) in [6.07, 6.45) is 3.05. The fraction of sp³-hybridized carbons (Fsp3) is 0.263. The van der Waals surface area contributed by atoms with E-state index in [-0.39, 0.29) is 0 Å². The number of nitrogens with zero attached hydrogens (tertiary/aromatic N) is 3. The maximum atomic E-state index is 11.6. The summed E-state index contributed by atoms with van der Waals surface area (Å²) >= 11 is 0. The number of nitrogens with one attached hydrogen (secondary N) is 1. The molecule has 0 aliphatic carbocycles. The van der Waals surface area contributed by atoms with Crippen LogP contribution in [0.5, 0.6) is 0 Å². The van der Waals surface area contributed by atoms with Crippen LogP contribution in [0.15, 0.2) is 47.5 Å². The minimum absolute atomic E-state index is 0.305. The molecule has 0 amide bonds. The van der Waals surface area contributed by atoms with Crippen molar-refractivity contribution in [2.45, 2.75) is 25.3 Å². The van der Waals surface area contributed by atoms with E-state index >= 15 is 0 Å². The minimum atomic E-state index is -3.20.